The van der Waals surface area contributed by atoms with Gasteiger partial charge in [0.05, 0.1) is 0 Å². The van der Waals surface area contributed by atoms with Crippen LogP contribution in [0.1, 0.15) is 24.0 Å². The highest BCUT2D eigenvalue weighted by molar-refractivity contribution is 5.48. The Morgan fingerprint density at radius 3 is 2.72 bits per heavy atom. The molecular formula is C14H20N2O2. The average molecular weight is 248 g/mol. The molecule has 0 radical (unpaired) electrons. The number of nitrogens with one attached hydrogen (secondary N) is 1. The zero-order valence-electron chi connectivity index (χ0n) is 10.7. The van der Waals surface area contributed by atoms with Crippen molar-refractivity contribution in [1.82, 2.24) is 5.32 Å². The van der Waals surface area contributed by atoms with Crippen LogP contribution in [0.3, 0.4) is 0 Å². The fourth-order valence-corrected chi connectivity index (χ4v) is 2.64. The summed E-state index contributed by atoms with van der Waals surface area (Å²) in [6.07, 6.45) is 2.32. The van der Waals surface area contributed by atoms with Crippen molar-refractivity contribution in [2.75, 3.05) is 13.3 Å². The molecule has 1 aromatic carbocycles. The predicted octanol–water partition coefficient (Wildman–Crippen LogP) is 1.55. The van der Waals surface area contributed by atoms with Crippen LogP contribution in [0.2, 0.25) is 0 Å². The topological polar surface area (TPSA) is 56.5 Å². The Labute approximate surface area is 107 Å². The molecule has 0 amide bonds. The third kappa shape index (κ3) is 2.31. The molecule has 18 heavy (non-hydrogen) atoms. The summed E-state index contributed by atoms with van der Waals surface area (Å²) in [5.41, 5.74) is 8.31. The summed E-state index contributed by atoms with van der Waals surface area (Å²) in [7, 11) is 0. The van der Waals surface area contributed by atoms with E-state index in [0.29, 0.717) is 12.8 Å². The van der Waals surface area contributed by atoms with E-state index in [4.69, 9.17) is 15.2 Å². The van der Waals surface area contributed by atoms with Gasteiger partial charge in [-0.3, -0.25) is 0 Å². The second-order valence-corrected chi connectivity index (χ2v) is 5.36. The number of ether oxygens (including phenoxy) is 2. The Bertz CT molecular complexity index is 442. The Hall–Kier alpha value is -1.26. The number of hydrogen-bond donors (Lipinski definition) is 2. The SMILES string of the molecule is Cc1cc2c(cc1CNCC1CC(N)C1)OCO2. The highest BCUT2D eigenvalue weighted by Crippen LogP contribution is 2.34. The smallest absolute Gasteiger partial charge is 0.231 e. The number of nitrogens with two attached hydrogens (primary N) is 1. The molecule has 4 heteroatoms. The number of hydrogen-bond acceptors (Lipinski definition) is 4. The van der Waals surface area contributed by atoms with Crippen LogP contribution < -0.4 is 20.5 Å². The third-order valence-electron chi connectivity index (χ3n) is 3.85. The molecule has 4 nitrogen and oxygen atoms in total. The van der Waals surface area contributed by atoms with Gasteiger partial charge in [0.25, 0.3) is 0 Å². The zero-order valence-corrected chi connectivity index (χ0v) is 10.7. The van der Waals surface area contributed by atoms with Gasteiger partial charge < -0.3 is 20.5 Å². The monoisotopic (exact) mass is 248 g/mol. The van der Waals surface area contributed by atoms with Gasteiger partial charge in [-0.15, -0.1) is 0 Å². The van der Waals surface area contributed by atoms with E-state index in [-0.39, 0.29) is 0 Å². The maximum absolute atomic E-state index is 5.78. The van der Waals surface area contributed by atoms with Crippen molar-refractivity contribution in [2.45, 2.75) is 32.4 Å². The normalized spacial score (nSPS) is 25.0. The molecule has 1 aliphatic carbocycles. The van der Waals surface area contributed by atoms with Gasteiger partial charge in [0, 0.05) is 12.6 Å². The Balaban J connectivity index is 1.56. The van der Waals surface area contributed by atoms with Gasteiger partial charge in [-0.05, 0) is 55.5 Å². The van der Waals surface area contributed by atoms with Gasteiger partial charge in [-0.2, -0.15) is 0 Å². The van der Waals surface area contributed by atoms with E-state index >= 15 is 0 Å². The van der Waals surface area contributed by atoms with Crippen LogP contribution in [0, 0.1) is 12.8 Å². The van der Waals surface area contributed by atoms with E-state index in [1.54, 1.807) is 0 Å². The van der Waals surface area contributed by atoms with E-state index < -0.39 is 0 Å². The molecule has 98 valence electrons. The first-order chi connectivity index (χ1) is 8.72. The van der Waals surface area contributed by atoms with E-state index in [2.05, 4.69) is 24.4 Å². The fourth-order valence-electron chi connectivity index (χ4n) is 2.64. The highest BCUT2D eigenvalue weighted by Gasteiger charge is 2.25. The second-order valence-electron chi connectivity index (χ2n) is 5.36. The Morgan fingerprint density at radius 1 is 1.28 bits per heavy atom. The van der Waals surface area contributed by atoms with Crippen LogP contribution in [0.5, 0.6) is 11.5 Å². The zero-order chi connectivity index (χ0) is 12.5. The molecule has 1 saturated carbocycles. The fraction of sp³-hybridized carbons (Fsp3) is 0.571. The van der Waals surface area contributed by atoms with Crippen LogP contribution >= 0.6 is 0 Å². The summed E-state index contributed by atoms with van der Waals surface area (Å²) in [4.78, 5) is 0. The minimum absolute atomic E-state index is 0.339. The molecule has 0 saturated heterocycles. The van der Waals surface area contributed by atoms with Gasteiger partial charge in [0.2, 0.25) is 6.79 Å². The first kappa shape index (κ1) is 11.8. The lowest BCUT2D eigenvalue weighted by molar-refractivity contribution is 0.174. The number of fused-ring (bicyclic) bond motifs is 1. The lowest BCUT2D eigenvalue weighted by Gasteiger charge is -2.32. The van der Waals surface area contributed by atoms with Crippen LogP contribution in [0.4, 0.5) is 0 Å². The van der Waals surface area contributed by atoms with Crippen molar-refractivity contribution in [3.63, 3.8) is 0 Å². The molecule has 0 atom stereocenters. The third-order valence-corrected chi connectivity index (χ3v) is 3.85. The minimum Gasteiger partial charge on any atom is -0.454 e. The summed E-state index contributed by atoms with van der Waals surface area (Å²) in [5, 5.41) is 3.50. The van der Waals surface area contributed by atoms with Gasteiger partial charge in [-0.1, -0.05) is 0 Å². The molecular weight excluding hydrogens is 228 g/mol. The van der Waals surface area contributed by atoms with Crippen LogP contribution in [-0.2, 0) is 6.54 Å². The van der Waals surface area contributed by atoms with E-state index in [0.717, 1.165) is 43.3 Å². The molecule has 1 heterocycles. The van der Waals surface area contributed by atoms with Crippen molar-refractivity contribution in [3.8, 4) is 11.5 Å². The molecule has 0 spiro atoms. The van der Waals surface area contributed by atoms with E-state index in [1.807, 2.05) is 0 Å². The van der Waals surface area contributed by atoms with Gasteiger partial charge in [-0.25, -0.2) is 0 Å². The number of benzene rings is 1. The molecule has 2 aliphatic rings. The quantitative estimate of drug-likeness (QED) is 0.849. The molecule has 0 unspecified atom stereocenters. The molecule has 0 aromatic heterocycles. The lowest BCUT2D eigenvalue weighted by atomic mass is 9.81. The van der Waals surface area contributed by atoms with Crippen LogP contribution in [0.25, 0.3) is 0 Å². The minimum atomic E-state index is 0.339. The first-order valence-corrected chi connectivity index (χ1v) is 6.58. The summed E-state index contributed by atoms with van der Waals surface area (Å²) < 4.78 is 10.8. The van der Waals surface area contributed by atoms with Crippen LogP contribution in [-0.4, -0.2) is 19.4 Å². The summed E-state index contributed by atoms with van der Waals surface area (Å²) in [5.74, 6) is 2.48. The van der Waals surface area contributed by atoms with E-state index in [9.17, 15) is 0 Å². The molecule has 0 bridgehead atoms. The largest absolute Gasteiger partial charge is 0.454 e. The number of rotatable bonds is 4. The lowest BCUT2D eigenvalue weighted by Crippen LogP contribution is -2.41. The summed E-state index contributed by atoms with van der Waals surface area (Å²) >= 11 is 0. The summed E-state index contributed by atoms with van der Waals surface area (Å²) in [6, 6.07) is 4.57. The summed E-state index contributed by atoms with van der Waals surface area (Å²) in [6.45, 7) is 4.39. The molecule has 1 aromatic rings. The second kappa shape index (κ2) is 4.78. The molecule has 1 fully saturated rings. The van der Waals surface area contributed by atoms with Crippen molar-refractivity contribution >= 4 is 0 Å². The Kier molecular flexibility index (Phi) is 3.14. The van der Waals surface area contributed by atoms with Crippen molar-refractivity contribution in [2.24, 2.45) is 11.7 Å². The predicted molar refractivity (Wildman–Crippen MR) is 69.7 cm³/mol. The molecule has 3 N–H and O–H groups in total. The van der Waals surface area contributed by atoms with E-state index in [1.165, 1.54) is 11.1 Å². The van der Waals surface area contributed by atoms with Crippen molar-refractivity contribution < 1.29 is 9.47 Å². The Morgan fingerprint density at radius 2 is 2.00 bits per heavy atom. The standard InChI is InChI=1S/C14H20N2O2/c1-9-2-13-14(18-8-17-13)5-11(9)7-16-6-10-3-12(15)4-10/h2,5,10,12,16H,3-4,6-8,15H2,1H3. The molecule has 3 rings (SSSR count). The van der Waals surface area contributed by atoms with Crippen LogP contribution in [0.15, 0.2) is 12.1 Å². The first-order valence-electron chi connectivity index (χ1n) is 6.58. The van der Waals surface area contributed by atoms with Crippen molar-refractivity contribution in [1.29, 1.82) is 0 Å². The highest BCUT2D eigenvalue weighted by atomic mass is 16.7. The molecule has 1 aliphatic heterocycles. The average Bonchev–Trinajstić information content (AvgIpc) is 2.73. The van der Waals surface area contributed by atoms with Crippen molar-refractivity contribution in [3.05, 3.63) is 23.3 Å². The number of aryl methyl sites for hydroxylation is 1. The van der Waals surface area contributed by atoms with Gasteiger partial charge >= 0.3 is 0 Å². The van der Waals surface area contributed by atoms with Gasteiger partial charge in [0.15, 0.2) is 11.5 Å². The maximum Gasteiger partial charge on any atom is 0.231 e. The van der Waals surface area contributed by atoms with Gasteiger partial charge in [0.1, 0.15) is 0 Å². The maximum atomic E-state index is 5.78.